The van der Waals surface area contributed by atoms with Gasteiger partial charge in [-0.25, -0.2) is 8.78 Å². The molecular weight excluding hydrogens is 296 g/mol. The molecule has 1 fully saturated rings. The van der Waals surface area contributed by atoms with Gasteiger partial charge in [0.15, 0.2) is 5.16 Å². The average Bonchev–Trinajstić information content (AvgIpc) is 3.20. The Bertz CT molecular complexity index is 658. The van der Waals surface area contributed by atoms with Crippen molar-refractivity contribution in [3.8, 4) is 0 Å². The molecule has 0 bridgehead atoms. The maximum atomic E-state index is 13.6. The van der Waals surface area contributed by atoms with Crippen LogP contribution >= 0.6 is 11.8 Å². The Balaban J connectivity index is 1.70. The van der Waals surface area contributed by atoms with Crippen LogP contribution in [0.3, 0.4) is 0 Å². The zero-order chi connectivity index (χ0) is 15.0. The summed E-state index contributed by atoms with van der Waals surface area (Å²) in [6.45, 7) is 1.89. The van der Waals surface area contributed by atoms with Gasteiger partial charge in [-0.1, -0.05) is 17.8 Å². The number of hydrogen-bond donors (Lipinski definition) is 1. The van der Waals surface area contributed by atoms with Crippen LogP contribution in [0.2, 0.25) is 0 Å². The van der Waals surface area contributed by atoms with E-state index in [2.05, 4.69) is 14.8 Å². The lowest BCUT2D eigenvalue weighted by atomic mass is 10.1. The molecule has 21 heavy (non-hydrogen) atoms. The van der Waals surface area contributed by atoms with Gasteiger partial charge in [-0.2, -0.15) is 0 Å². The van der Waals surface area contributed by atoms with Crippen molar-refractivity contribution < 1.29 is 13.9 Å². The molecule has 7 heteroatoms. The second-order valence-electron chi connectivity index (χ2n) is 5.12. The van der Waals surface area contributed by atoms with Gasteiger partial charge in [-0.15, -0.1) is 10.2 Å². The average molecular weight is 311 g/mol. The zero-order valence-electron chi connectivity index (χ0n) is 11.5. The van der Waals surface area contributed by atoms with Crippen molar-refractivity contribution >= 4 is 11.8 Å². The Morgan fingerprint density at radius 3 is 2.81 bits per heavy atom. The van der Waals surface area contributed by atoms with Gasteiger partial charge in [0.05, 0.1) is 6.10 Å². The molecular formula is C14H15F2N3OS. The highest BCUT2D eigenvalue weighted by Crippen LogP contribution is 2.39. The van der Waals surface area contributed by atoms with E-state index in [4.69, 9.17) is 0 Å². The lowest BCUT2D eigenvalue weighted by Crippen LogP contribution is -2.06. The second-order valence-corrected chi connectivity index (χ2v) is 6.11. The van der Waals surface area contributed by atoms with Crippen LogP contribution in [0.1, 0.15) is 36.4 Å². The first kappa shape index (κ1) is 14.5. The summed E-state index contributed by atoms with van der Waals surface area (Å²) in [7, 11) is 0. The Hall–Kier alpha value is -1.47. The summed E-state index contributed by atoms with van der Waals surface area (Å²) in [5.41, 5.74) is 0.0955. The van der Waals surface area contributed by atoms with E-state index in [-0.39, 0.29) is 11.3 Å². The van der Waals surface area contributed by atoms with E-state index in [0.29, 0.717) is 6.04 Å². The summed E-state index contributed by atoms with van der Waals surface area (Å²) >= 11 is 1.33. The summed E-state index contributed by atoms with van der Waals surface area (Å²) in [6.07, 6.45) is 1.21. The third-order valence-corrected chi connectivity index (χ3v) is 4.46. The minimum absolute atomic E-state index is 0.0955. The first-order valence-corrected chi connectivity index (χ1v) is 7.72. The summed E-state index contributed by atoms with van der Waals surface area (Å²) in [5.74, 6) is -0.293. The van der Waals surface area contributed by atoms with Gasteiger partial charge in [0, 0.05) is 23.4 Å². The minimum Gasteiger partial charge on any atom is -0.387 e. The molecule has 1 aliphatic carbocycles. The topological polar surface area (TPSA) is 50.9 Å². The molecule has 0 spiro atoms. The molecule has 4 nitrogen and oxygen atoms in total. The maximum absolute atomic E-state index is 13.6. The number of aliphatic hydroxyl groups is 1. The summed E-state index contributed by atoms with van der Waals surface area (Å²) in [4.78, 5) is 0. The molecule has 1 aromatic carbocycles. The van der Waals surface area contributed by atoms with Crippen LogP contribution in [0, 0.1) is 18.6 Å². The molecule has 1 saturated carbocycles. The Morgan fingerprint density at radius 1 is 1.38 bits per heavy atom. The molecule has 1 heterocycles. The molecule has 1 aromatic heterocycles. The number of thioether (sulfide) groups is 1. The van der Waals surface area contributed by atoms with Gasteiger partial charge in [-0.05, 0) is 25.8 Å². The molecule has 1 unspecified atom stereocenters. The quantitative estimate of drug-likeness (QED) is 0.862. The summed E-state index contributed by atoms with van der Waals surface area (Å²) in [5, 5.41) is 18.9. The number of hydrogen-bond acceptors (Lipinski definition) is 4. The van der Waals surface area contributed by atoms with Crippen molar-refractivity contribution in [2.75, 3.05) is 5.75 Å². The second kappa shape index (κ2) is 5.73. The van der Waals surface area contributed by atoms with Crippen molar-refractivity contribution in [2.45, 2.75) is 37.1 Å². The predicted octanol–water partition coefficient (Wildman–Crippen LogP) is 3.03. The normalized spacial score (nSPS) is 16.2. The largest absolute Gasteiger partial charge is 0.387 e. The minimum atomic E-state index is -1.01. The van der Waals surface area contributed by atoms with E-state index in [1.165, 1.54) is 17.8 Å². The third kappa shape index (κ3) is 3.08. The SMILES string of the molecule is Cc1nnc(SCC(O)c2ccc(F)cc2F)n1C1CC1. The molecule has 0 saturated heterocycles. The molecule has 112 valence electrons. The van der Waals surface area contributed by atoms with Crippen LogP contribution in [0.5, 0.6) is 0 Å². The van der Waals surface area contributed by atoms with Gasteiger partial charge >= 0.3 is 0 Å². The number of aliphatic hydroxyl groups excluding tert-OH is 1. The van der Waals surface area contributed by atoms with Crippen molar-refractivity contribution in [1.82, 2.24) is 14.8 Å². The van der Waals surface area contributed by atoms with Crippen LogP contribution in [0.25, 0.3) is 0 Å². The van der Waals surface area contributed by atoms with Crippen LogP contribution in [-0.2, 0) is 0 Å². The van der Waals surface area contributed by atoms with E-state index in [0.717, 1.165) is 36.0 Å². The molecule has 0 radical (unpaired) electrons. The highest BCUT2D eigenvalue weighted by molar-refractivity contribution is 7.99. The Morgan fingerprint density at radius 2 is 2.14 bits per heavy atom. The predicted molar refractivity (Wildman–Crippen MR) is 75.1 cm³/mol. The molecule has 2 aromatic rings. The summed E-state index contributed by atoms with van der Waals surface area (Å²) < 4.78 is 28.5. The molecule has 1 N–H and O–H groups in total. The van der Waals surface area contributed by atoms with E-state index >= 15 is 0 Å². The third-order valence-electron chi connectivity index (χ3n) is 3.44. The number of benzene rings is 1. The van der Waals surface area contributed by atoms with Crippen LogP contribution in [0.4, 0.5) is 8.78 Å². The van der Waals surface area contributed by atoms with Gasteiger partial charge in [-0.3, -0.25) is 0 Å². The molecule has 1 aliphatic rings. The van der Waals surface area contributed by atoms with Crippen LogP contribution < -0.4 is 0 Å². The van der Waals surface area contributed by atoms with E-state index in [1.54, 1.807) is 0 Å². The highest BCUT2D eigenvalue weighted by Gasteiger charge is 2.28. The Kier molecular flexibility index (Phi) is 3.95. The van der Waals surface area contributed by atoms with Crippen LogP contribution in [-0.4, -0.2) is 25.6 Å². The fourth-order valence-corrected chi connectivity index (χ4v) is 3.22. The number of nitrogens with zero attached hydrogens (tertiary/aromatic N) is 3. The highest BCUT2D eigenvalue weighted by atomic mass is 32.2. The monoisotopic (exact) mass is 311 g/mol. The number of rotatable bonds is 5. The lowest BCUT2D eigenvalue weighted by Gasteiger charge is -2.12. The Labute approximate surface area is 125 Å². The fraction of sp³-hybridized carbons (Fsp3) is 0.429. The summed E-state index contributed by atoms with van der Waals surface area (Å²) in [6, 6.07) is 3.64. The first-order valence-electron chi connectivity index (χ1n) is 6.73. The van der Waals surface area contributed by atoms with Crippen molar-refractivity contribution in [1.29, 1.82) is 0 Å². The molecule has 3 rings (SSSR count). The lowest BCUT2D eigenvalue weighted by molar-refractivity contribution is 0.198. The van der Waals surface area contributed by atoms with Gasteiger partial charge in [0.2, 0.25) is 0 Å². The van der Waals surface area contributed by atoms with E-state index in [1.807, 2.05) is 6.92 Å². The molecule has 0 aliphatic heterocycles. The number of halogens is 2. The number of aryl methyl sites for hydroxylation is 1. The number of aromatic nitrogens is 3. The van der Waals surface area contributed by atoms with Gasteiger partial charge < -0.3 is 9.67 Å². The van der Waals surface area contributed by atoms with Gasteiger partial charge in [0.1, 0.15) is 17.5 Å². The van der Waals surface area contributed by atoms with Gasteiger partial charge in [0.25, 0.3) is 0 Å². The first-order chi connectivity index (χ1) is 10.1. The van der Waals surface area contributed by atoms with E-state index < -0.39 is 17.7 Å². The van der Waals surface area contributed by atoms with Crippen molar-refractivity contribution in [2.24, 2.45) is 0 Å². The standard InChI is InChI=1S/C14H15F2N3OS/c1-8-17-18-14(19(8)10-3-4-10)21-7-13(20)11-5-2-9(15)6-12(11)16/h2,5-6,10,13,20H,3-4,7H2,1H3. The molecule has 0 amide bonds. The van der Waals surface area contributed by atoms with Crippen molar-refractivity contribution in [3.05, 3.63) is 41.2 Å². The van der Waals surface area contributed by atoms with Crippen LogP contribution in [0.15, 0.2) is 23.4 Å². The van der Waals surface area contributed by atoms with E-state index in [9.17, 15) is 13.9 Å². The molecule has 1 atom stereocenters. The van der Waals surface area contributed by atoms with Crippen molar-refractivity contribution in [3.63, 3.8) is 0 Å². The maximum Gasteiger partial charge on any atom is 0.191 e. The fourth-order valence-electron chi connectivity index (χ4n) is 2.22. The smallest absolute Gasteiger partial charge is 0.191 e. The zero-order valence-corrected chi connectivity index (χ0v) is 12.3.